The molecular formula is C10H18ClNO. The first-order valence-corrected chi connectivity index (χ1v) is 5.34. The van der Waals surface area contributed by atoms with Crippen LogP contribution in [0.25, 0.3) is 0 Å². The monoisotopic (exact) mass is 203 g/mol. The minimum Gasteiger partial charge on any atom is -0.341 e. The lowest BCUT2D eigenvalue weighted by atomic mass is 9.89. The average Bonchev–Trinajstić information content (AvgIpc) is 2.50. The number of amides is 1. The van der Waals surface area contributed by atoms with Crippen molar-refractivity contribution >= 4 is 17.5 Å². The van der Waals surface area contributed by atoms with Gasteiger partial charge in [-0.15, -0.1) is 11.6 Å². The molecule has 1 rings (SSSR count). The molecule has 1 aliphatic heterocycles. The van der Waals surface area contributed by atoms with E-state index < -0.39 is 0 Å². The highest BCUT2D eigenvalue weighted by atomic mass is 35.5. The molecule has 1 saturated heterocycles. The highest BCUT2D eigenvalue weighted by Gasteiger charge is 2.33. The Labute approximate surface area is 85.2 Å². The molecule has 1 aliphatic rings. The van der Waals surface area contributed by atoms with Gasteiger partial charge in [-0.05, 0) is 12.8 Å². The highest BCUT2D eigenvalue weighted by molar-refractivity contribution is 6.21. The lowest BCUT2D eigenvalue weighted by molar-refractivity contribution is -0.139. The van der Waals surface area contributed by atoms with Crippen molar-refractivity contribution in [1.29, 1.82) is 0 Å². The molecule has 76 valence electrons. The van der Waals surface area contributed by atoms with Gasteiger partial charge in [0.15, 0.2) is 0 Å². The number of nitrogens with zero attached hydrogens (tertiary/aromatic N) is 1. The molecule has 1 atom stereocenters. The van der Waals surface area contributed by atoms with Crippen molar-refractivity contribution in [2.45, 2.75) is 39.0 Å². The molecule has 1 fully saturated rings. The summed E-state index contributed by atoms with van der Waals surface area (Å²) in [5.74, 6) is 0.248. The molecule has 0 saturated carbocycles. The molecule has 0 radical (unpaired) electrons. The van der Waals surface area contributed by atoms with Crippen LogP contribution in [-0.4, -0.2) is 29.3 Å². The number of halogens is 1. The average molecular weight is 204 g/mol. The first-order chi connectivity index (χ1) is 5.97. The number of rotatable bonds is 2. The van der Waals surface area contributed by atoms with E-state index >= 15 is 0 Å². The molecule has 0 aromatic heterocycles. The van der Waals surface area contributed by atoms with Crippen molar-refractivity contribution in [2.24, 2.45) is 5.41 Å². The van der Waals surface area contributed by atoms with E-state index in [4.69, 9.17) is 11.6 Å². The van der Waals surface area contributed by atoms with Gasteiger partial charge < -0.3 is 4.90 Å². The van der Waals surface area contributed by atoms with Crippen LogP contribution in [0, 0.1) is 5.41 Å². The quantitative estimate of drug-likeness (QED) is 0.631. The number of alkyl halides is 1. The first kappa shape index (κ1) is 10.8. The Morgan fingerprint density at radius 3 is 2.62 bits per heavy atom. The summed E-state index contributed by atoms with van der Waals surface area (Å²) in [6, 6.07) is 0. The molecule has 0 N–H and O–H groups in total. The fraction of sp³-hybridized carbons (Fsp3) is 0.900. The fourth-order valence-electron chi connectivity index (χ4n) is 1.48. The Morgan fingerprint density at radius 2 is 2.23 bits per heavy atom. The van der Waals surface area contributed by atoms with Crippen LogP contribution >= 0.6 is 11.6 Å². The maximum absolute atomic E-state index is 11.9. The molecule has 3 heteroatoms. The fourth-order valence-corrected chi connectivity index (χ4v) is 1.75. The normalized spacial score (nSPS) is 23.7. The molecule has 0 aromatic carbocycles. The molecule has 2 nitrogen and oxygen atoms in total. The Balaban J connectivity index is 2.58. The Kier molecular flexibility index (Phi) is 3.23. The molecular weight excluding hydrogens is 186 g/mol. The van der Waals surface area contributed by atoms with Crippen LogP contribution in [-0.2, 0) is 4.79 Å². The summed E-state index contributed by atoms with van der Waals surface area (Å²) in [7, 11) is 0. The third kappa shape index (κ3) is 2.37. The Morgan fingerprint density at radius 1 is 1.62 bits per heavy atom. The number of carbonyl (C=O) groups excluding carboxylic acids is 1. The van der Waals surface area contributed by atoms with E-state index in [1.54, 1.807) is 0 Å². The second-order valence-electron chi connectivity index (χ2n) is 4.37. The Hall–Kier alpha value is -0.240. The SMILES string of the molecule is CCC(C)(C)C(=O)N1CCC(Cl)C1. The predicted octanol–water partition coefficient (Wildman–Crippen LogP) is 2.26. The largest absolute Gasteiger partial charge is 0.341 e. The van der Waals surface area contributed by atoms with Gasteiger partial charge >= 0.3 is 0 Å². The van der Waals surface area contributed by atoms with Gasteiger partial charge in [0.1, 0.15) is 0 Å². The zero-order chi connectivity index (χ0) is 10.1. The lowest BCUT2D eigenvalue weighted by Gasteiger charge is -2.27. The number of likely N-dealkylation sites (tertiary alicyclic amines) is 1. The molecule has 0 spiro atoms. The third-order valence-electron chi connectivity index (χ3n) is 2.88. The van der Waals surface area contributed by atoms with Crippen LogP contribution in [0.2, 0.25) is 0 Å². The van der Waals surface area contributed by atoms with Crippen LogP contribution in [0.1, 0.15) is 33.6 Å². The molecule has 0 aromatic rings. The minimum atomic E-state index is -0.221. The Bertz CT molecular complexity index is 203. The van der Waals surface area contributed by atoms with Gasteiger partial charge in [0.25, 0.3) is 0 Å². The van der Waals surface area contributed by atoms with Gasteiger partial charge in [-0.3, -0.25) is 4.79 Å². The second-order valence-corrected chi connectivity index (χ2v) is 4.99. The molecule has 1 heterocycles. The van der Waals surface area contributed by atoms with Gasteiger partial charge in [-0.25, -0.2) is 0 Å². The van der Waals surface area contributed by atoms with Crippen LogP contribution in [0.15, 0.2) is 0 Å². The van der Waals surface area contributed by atoms with Gasteiger partial charge in [-0.1, -0.05) is 20.8 Å². The lowest BCUT2D eigenvalue weighted by Crippen LogP contribution is -2.39. The van der Waals surface area contributed by atoms with Gasteiger partial charge in [0, 0.05) is 18.5 Å². The van der Waals surface area contributed by atoms with E-state index in [0.717, 1.165) is 25.9 Å². The van der Waals surface area contributed by atoms with E-state index in [1.165, 1.54) is 0 Å². The molecule has 1 unspecified atom stereocenters. The maximum Gasteiger partial charge on any atom is 0.228 e. The summed E-state index contributed by atoms with van der Waals surface area (Å²) < 4.78 is 0. The molecule has 0 aliphatic carbocycles. The van der Waals surface area contributed by atoms with Crippen LogP contribution in [0.5, 0.6) is 0 Å². The molecule has 1 amide bonds. The van der Waals surface area contributed by atoms with E-state index in [1.807, 2.05) is 25.7 Å². The van der Waals surface area contributed by atoms with Crippen LogP contribution < -0.4 is 0 Å². The van der Waals surface area contributed by atoms with Gasteiger partial charge in [0.2, 0.25) is 5.91 Å². The predicted molar refractivity (Wildman–Crippen MR) is 54.9 cm³/mol. The smallest absolute Gasteiger partial charge is 0.228 e. The number of hydrogen-bond donors (Lipinski definition) is 0. The summed E-state index contributed by atoms with van der Waals surface area (Å²) in [6.45, 7) is 7.60. The van der Waals surface area contributed by atoms with E-state index in [9.17, 15) is 4.79 Å². The van der Waals surface area contributed by atoms with Crippen molar-refractivity contribution in [3.05, 3.63) is 0 Å². The van der Waals surface area contributed by atoms with Gasteiger partial charge in [-0.2, -0.15) is 0 Å². The molecule has 0 bridgehead atoms. The van der Waals surface area contributed by atoms with E-state index in [2.05, 4.69) is 0 Å². The van der Waals surface area contributed by atoms with E-state index in [-0.39, 0.29) is 16.7 Å². The van der Waals surface area contributed by atoms with Crippen LogP contribution in [0.4, 0.5) is 0 Å². The van der Waals surface area contributed by atoms with Crippen molar-refractivity contribution in [2.75, 3.05) is 13.1 Å². The summed E-state index contributed by atoms with van der Waals surface area (Å²) in [5.41, 5.74) is -0.221. The third-order valence-corrected chi connectivity index (χ3v) is 3.24. The van der Waals surface area contributed by atoms with Crippen molar-refractivity contribution in [3.63, 3.8) is 0 Å². The minimum absolute atomic E-state index is 0.164. The standard InChI is InChI=1S/C10H18ClNO/c1-4-10(2,3)9(13)12-6-5-8(11)7-12/h8H,4-7H2,1-3H3. The highest BCUT2D eigenvalue weighted by Crippen LogP contribution is 2.26. The number of hydrogen-bond acceptors (Lipinski definition) is 1. The summed E-state index contributed by atoms with van der Waals surface area (Å²) in [4.78, 5) is 13.8. The molecule has 13 heavy (non-hydrogen) atoms. The van der Waals surface area contributed by atoms with Crippen LogP contribution in [0.3, 0.4) is 0 Å². The number of carbonyl (C=O) groups is 1. The second kappa shape index (κ2) is 3.87. The van der Waals surface area contributed by atoms with E-state index in [0.29, 0.717) is 0 Å². The first-order valence-electron chi connectivity index (χ1n) is 4.91. The zero-order valence-electron chi connectivity index (χ0n) is 8.64. The topological polar surface area (TPSA) is 20.3 Å². The zero-order valence-corrected chi connectivity index (χ0v) is 9.40. The van der Waals surface area contributed by atoms with Crippen molar-refractivity contribution in [1.82, 2.24) is 4.90 Å². The van der Waals surface area contributed by atoms with Gasteiger partial charge in [0.05, 0.1) is 5.38 Å². The maximum atomic E-state index is 11.9. The van der Waals surface area contributed by atoms with Crippen molar-refractivity contribution < 1.29 is 4.79 Å². The summed E-state index contributed by atoms with van der Waals surface area (Å²) in [6.07, 6.45) is 1.82. The summed E-state index contributed by atoms with van der Waals surface area (Å²) >= 11 is 5.95. The van der Waals surface area contributed by atoms with Crippen molar-refractivity contribution in [3.8, 4) is 0 Å². The summed E-state index contributed by atoms with van der Waals surface area (Å²) in [5, 5.41) is 0.164.